The molecular weight excluding hydrogens is 406 g/mol. The molecule has 0 unspecified atom stereocenters. The summed E-state index contributed by atoms with van der Waals surface area (Å²) in [6.45, 7) is 0.231. The minimum atomic E-state index is -0.526. The third-order valence-electron chi connectivity index (χ3n) is 5.25. The average Bonchev–Trinajstić information content (AvgIpc) is 3.38. The lowest BCUT2D eigenvalue weighted by Crippen LogP contribution is -2.44. The van der Waals surface area contributed by atoms with Crippen molar-refractivity contribution in [2.24, 2.45) is 0 Å². The molecule has 29 heavy (non-hydrogen) atoms. The molecule has 0 radical (unpaired) electrons. The molecule has 146 valence electrons. The molecule has 0 saturated heterocycles. The van der Waals surface area contributed by atoms with E-state index in [1.165, 1.54) is 32.8 Å². The molecule has 0 atom stereocenters. The molecule has 3 heterocycles. The minimum absolute atomic E-state index is 0.0769. The van der Waals surface area contributed by atoms with Gasteiger partial charge in [0, 0.05) is 30.0 Å². The maximum absolute atomic E-state index is 12.6. The number of benzene rings is 1. The van der Waals surface area contributed by atoms with Gasteiger partial charge in [0.25, 0.3) is 0 Å². The smallest absolute Gasteiger partial charge is 0.306 e. The van der Waals surface area contributed by atoms with Crippen molar-refractivity contribution in [3.63, 3.8) is 0 Å². The van der Waals surface area contributed by atoms with Gasteiger partial charge < -0.3 is 9.13 Å². The van der Waals surface area contributed by atoms with Crippen molar-refractivity contribution in [1.82, 2.24) is 24.3 Å². The summed E-state index contributed by atoms with van der Waals surface area (Å²) in [5.41, 5.74) is 0.285. The first-order valence-electron chi connectivity index (χ1n) is 9.28. The molecule has 7 nitrogen and oxygen atoms in total. The lowest BCUT2D eigenvalue weighted by Gasteiger charge is -2.36. The minimum Gasteiger partial charge on any atom is -0.306 e. The molecule has 1 aliphatic carbocycles. The Labute approximate surface area is 174 Å². The molecule has 9 heteroatoms. The number of rotatable bonds is 5. The zero-order valence-corrected chi connectivity index (χ0v) is 17.0. The maximum Gasteiger partial charge on any atom is 0.316 e. The van der Waals surface area contributed by atoms with Gasteiger partial charge in [0.2, 0.25) is 0 Å². The Bertz CT molecular complexity index is 1240. The Kier molecular flexibility index (Phi) is 4.69. The standard InChI is InChI=1S/C20H17N5O2S2/c26-19-20(27)25(15-10-14(11-15)13-4-2-1-3-5-13)8-7-24(19)12-16-22-23-18(29-16)17-21-6-9-28-17/h1-9,14-15H,10-12H2/t14-,15+. The van der Waals surface area contributed by atoms with Crippen LogP contribution in [0.1, 0.15) is 35.4 Å². The summed E-state index contributed by atoms with van der Waals surface area (Å²) in [7, 11) is 0. The highest BCUT2D eigenvalue weighted by Crippen LogP contribution is 2.43. The second-order valence-corrected chi connectivity index (χ2v) is 8.97. The third-order valence-corrected chi connectivity index (χ3v) is 7.07. The predicted molar refractivity (Wildman–Crippen MR) is 113 cm³/mol. The lowest BCUT2D eigenvalue weighted by atomic mass is 9.76. The molecular formula is C20H17N5O2S2. The van der Waals surface area contributed by atoms with Crippen LogP contribution in [-0.4, -0.2) is 24.3 Å². The van der Waals surface area contributed by atoms with Gasteiger partial charge in [-0.05, 0) is 24.3 Å². The Morgan fingerprint density at radius 1 is 1.00 bits per heavy atom. The van der Waals surface area contributed by atoms with Gasteiger partial charge in [-0.25, -0.2) is 4.98 Å². The molecule has 1 saturated carbocycles. The zero-order valence-electron chi connectivity index (χ0n) is 15.3. The number of hydrogen-bond acceptors (Lipinski definition) is 7. The van der Waals surface area contributed by atoms with E-state index in [2.05, 4.69) is 27.3 Å². The van der Waals surface area contributed by atoms with Crippen LogP contribution in [-0.2, 0) is 6.54 Å². The van der Waals surface area contributed by atoms with Crippen molar-refractivity contribution in [3.05, 3.63) is 85.6 Å². The summed E-state index contributed by atoms with van der Waals surface area (Å²) < 4.78 is 2.98. The van der Waals surface area contributed by atoms with Crippen molar-refractivity contribution >= 4 is 22.7 Å². The molecule has 0 aliphatic heterocycles. The monoisotopic (exact) mass is 423 g/mol. The quantitative estimate of drug-likeness (QED) is 0.461. The zero-order chi connectivity index (χ0) is 19.8. The number of aromatic nitrogens is 5. The molecule has 0 amide bonds. The normalized spacial score (nSPS) is 18.5. The van der Waals surface area contributed by atoms with Crippen LogP contribution < -0.4 is 11.1 Å². The lowest BCUT2D eigenvalue weighted by molar-refractivity contribution is 0.256. The molecule has 0 bridgehead atoms. The molecule has 1 aliphatic rings. The van der Waals surface area contributed by atoms with Gasteiger partial charge in [-0.3, -0.25) is 9.59 Å². The van der Waals surface area contributed by atoms with E-state index < -0.39 is 11.1 Å². The van der Waals surface area contributed by atoms with Crippen LogP contribution in [0.3, 0.4) is 0 Å². The van der Waals surface area contributed by atoms with Crippen LogP contribution >= 0.6 is 22.7 Å². The van der Waals surface area contributed by atoms with Crippen LogP contribution in [0.4, 0.5) is 0 Å². The van der Waals surface area contributed by atoms with E-state index in [1.807, 2.05) is 23.6 Å². The van der Waals surface area contributed by atoms with Crippen molar-refractivity contribution in [2.75, 3.05) is 0 Å². The van der Waals surface area contributed by atoms with E-state index in [0.717, 1.165) is 22.9 Å². The van der Waals surface area contributed by atoms with Crippen molar-refractivity contribution < 1.29 is 0 Å². The third kappa shape index (κ3) is 3.47. The Morgan fingerprint density at radius 3 is 2.59 bits per heavy atom. The highest BCUT2D eigenvalue weighted by atomic mass is 32.1. The Hall–Kier alpha value is -2.91. The van der Waals surface area contributed by atoms with Gasteiger partial charge in [0.1, 0.15) is 5.01 Å². The number of nitrogens with zero attached hydrogens (tertiary/aromatic N) is 5. The molecule has 1 aromatic carbocycles. The highest BCUT2D eigenvalue weighted by Gasteiger charge is 2.32. The maximum atomic E-state index is 12.6. The van der Waals surface area contributed by atoms with Gasteiger partial charge in [0.05, 0.1) is 6.54 Å². The summed E-state index contributed by atoms with van der Waals surface area (Å²) in [5.74, 6) is 0.446. The van der Waals surface area contributed by atoms with E-state index in [1.54, 1.807) is 23.2 Å². The highest BCUT2D eigenvalue weighted by molar-refractivity contribution is 7.20. The first-order chi connectivity index (χ1) is 14.2. The summed E-state index contributed by atoms with van der Waals surface area (Å²) >= 11 is 2.87. The Balaban J connectivity index is 1.32. The number of thiazole rings is 1. The predicted octanol–water partition coefficient (Wildman–Crippen LogP) is 3.15. The molecule has 1 fully saturated rings. The van der Waals surface area contributed by atoms with Crippen molar-refractivity contribution in [3.8, 4) is 10.0 Å². The van der Waals surface area contributed by atoms with Crippen LogP contribution in [0.15, 0.2) is 63.9 Å². The van der Waals surface area contributed by atoms with Crippen molar-refractivity contribution in [2.45, 2.75) is 31.3 Å². The molecule has 5 rings (SSSR count). The van der Waals surface area contributed by atoms with Crippen molar-refractivity contribution in [1.29, 1.82) is 0 Å². The fraction of sp³-hybridized carbons (Fsp3) is 0.250. The van der Waals surface area contributed by atoms with E-state index in [4.69, 9.17) is 0 Å². The fourth-order valence-electron chi connectivity index (χ4n) is 3.62. The SMILES string of the molecule is O=c1c(=O)n([C@H]2C[C@@H](c3ccccc3)C2)ccn1Cc1nnc(-c2nccs2)s1. The van der Waals surface area contributed by atoms with Gasteiger partial charge in [-0.2, -0.15) is 0 Å². The van der Waals surface area contributed by atoms with Crippen LogP contribution in [0.2, 0.25) is 0 Å². The molecule has 0 N–H and O–H groups in total. The van der Waals surface area contributed by atoms with Crippen LogP contribution in [0, 0.1) is 0 Å². The van der Waals surface area contributed by atoms with Gasteiger partial charge in [-0.1, -0.05) is 41.7 Å². The number of hydrogen-bond donors (Lipinski definition) is 0. The average molecular weight is 424 g/mol. The topological polar surface area (TPSA) is 82.7 Å². The van der Waals surface area contributed by atoms with Gasteiger partial charge in [0.15, 0.2) is 10.0 Å². The first-order valence-corrected chi connectivity index (χ1v) is 11.0. The largest absolute Gasteiger partial charge is 0.316 e. The molecule has 4 aromatic rings. The van der Waals surface area contributed by atoms with E-state index in [9.17, 15) is 9.59 Å². The van der Waals surface area contributed by atoms with E-state index >= 15 is 0 Å². The second-order valence-electron chi connectivity index (χ2n) is 7.01. The summed E-state index contributed by atoms with van der Waals surface area (Å²) in [6, 6.07) is 10.4. The van der Waals surface area contributed by atoms with Crippen LogP contribution in [0.25, 0.3) is 10.0 Å². The van der Waals surface area contributed by atoms with Gasteiger partial charge >= 0.3 is 11.1 Å². The fourth-order valence-corrected chi connectivity index (χ4v) is 5.14. The van der Waals surface area contributed by atoms with Crippen LogP contribution in [0.5, 0.6) is 0 Å². The Morgan fingerprint density at radius 2 is 1.83 bits per heavy atom. The molecule has 3 aromatic heterocycles. The first kappa shape index (κ1) is 18.1. The van der Waals surface area contributed by atoms with E-state index in [-0.39, 0.29) is 12.6 Å². The second kappa shape index (κ2) is 7.49. The summed E-state index contributed by atoms with van der Waals surface area (Å²) in [5, 5.41) is 12.3. The van der Waals surface area contributed by atoms with E-state index in [0.29, 0.717) is 10.9 Å². The molecule has 0 spiro atoms. The van der Waals surface area contributed by atoms with Gasteiger partial charge in [-0.15, -0.1) is 21.5 Å². The summed E-state index contributed by atoms with van der Waals surface area (Å²) in [4.78, 5) is 29.5. The summed E-state index contributed by atoms with van der Waals surface area (Å²) in [6.07, 6.45) is 6.86.